The zero-order chi connectivity index (χ0) is 29.9. The van der Waals surface area contributed by atoms with E-state index in [2.05, 4.69) is 20.5 Å². The number of nitrogens with one attached hydrogen (secondary N) is 1. The summed E-state index contributed by atoms with van der Waals surface area (Å²) in [5.41, 5.74) is -1.19. The Morgan fingerprint density at radius 3 is 2.60 bits per heavy atom. The molecule has 0 radical (unpaired) electrons. The SMILES string of the molecule is [2H]C([2H])(NCC1(O)CCC1)c1cc(C(F)(F)F)c2oc(-c3cccc(-c4ccc(F)cc4-c4nncn4C)c3)nc2c1. The lowest BCUT2D eigenvalue weighted by atomic mass is 9.80. The summed E-state index contributed by atoms with van der Waals surface area (Å²) in [4.78, 5) is 4.31. The molecule has 0 amide bonds. The van der Waals surface area contributed by atoms with Crippen LogP contribution in [0.1, 0.15) is 33.1 Å². The number of aliphatic hydroxyl groups is 1. The largest absolute Gasteiger partial charge is 0.435 e. The quantitative estimate of drug-likeness (QED) is 0.236. The van der Waals surface area contributed by atoms with Crippen LogP contribution < -0.4 is 5.32 Å². The first kappa shape index (κ1) is 23.8. The van der Waals surface area contributed by atoms with Gasteiger partial charge in [-0.3, -0.25) is 0 Å². The zero-order valence-electron chi connectivity index (χ0n) is 23.3. The molecule has 3 aromatic carbocycles. The Hall–Kier alpha value is -4.09. The fourth-order valence-electron chi connectivity index (χ4n) is 4.81. The van der Waals surface area contributed by atoms with E-state index in [1.807, 2.05) is 0 Å². The van der Waals surface area contributed by atoms with Crippen molar-refractivity contribution in [2.24, 2.45) is 7.05 Å². The van der Waals surface area contributed by atoms with Crippen molar-refractivity contribution in [3.63, 3.8) is 0 Å². The first-order chi connectivity index (χ1) is 19.8. The molecule has 1 aliphatic carbocycles. The van der Waals surface area contributed by atoms with E-state index >= 15 is 0 Å². The molecule has 40 heavy (non-hydrogen) atoms. The van der Waals surface area contributed by atoms with Crippen LogP contribution in [0, 0.1) is 5.82 Å². The van der Waals surface area contributed by atoms with Gasteiger partial charge in [-0.25, -0.2) is 9.37 Å². The molecular formula is C29H25F4N5O2. The minimum atomic E-state index is -4.85. The maximum Gasteiger partial charge on any atom is 0.420 e. The van der Waals surface area contributed by atoms with Gasteiger partial charge in [0.1, 0.15) is 23.2 Å². The summed E-state index contributed by atoms with van der Waals surface area (Å²) in [5, 5.41) is 20.9. The van der Waals surface area contributed by atoms with Gasteiger partial charge >= 0.3 is 6.18 Å². The summed E-state index contributed by atoms with van der Waals surface area (Å²) in [6.07, 6.45) is -1.58. The molecule has 0 aliphatic heterocycles. The molecule has 0 bridgehead atoms. The van der Waals surface area contributed by atoms with Crippen LogP contribution in [0.2, 0.25) is 0 Å². The van der Waals surface area contributed by atoms with Gasteiger partial charge in [0.25, 0.3) is 0 Å². The number of nitrogens with zero attached hydrogens (tertiary/aromatic N) is 4. The number of benzene rings is 3. The molecule has 0 unspecified atom stereocenters. The van der Waals surface area contributed by atoms with E-state index in [4.69, 9.17) is 7.16 Å². The Balaban J connectivity index is 1.41. The van der Waals surface area contributed by atoms with Gasteiger partial charge in [-0.2, -0.15) is 13.2 Å². The third kappa shape index (κ3) is 4.98. The lowest BCUT2D eigenvalue weighted by Gasteiger charge is -2.36. The lowest BCUT2D eigenvalue weighted by molar-refractivity contribution is -0.136. The summed E-state index contributed by atoms with van der Waals surface area (Å²) in [7, 11) is 1.72. The second-order valence-electron chi connectivity index (χ2n) is 9.98. The second kappa shape index (κ2) is 9.83. The van der Waals surface area contributed by atoms with Crippen molar-refractivity contribution in [1.82, 2.24) is 25.1 Å². The molecule has 0 saturated heterocycles. The average molecular weight is 554 g/mol. The molecule has 0 spiro atoms. The van der Waals surface area contributed by atoms with Crippen molar-refractivity contribution in [1.29, 1.82) is 0 Å². The molecule has 1 aliphatic rings. The predicted octanol–water partition coefficient (Wildman–Crippen LogP) is 6.12. The van der Waals surface area contributed by atoms with Crippen molar-refractivity contribution in [3.8, 4) is 34.0 Å². The number of oxazole rings is 1. The van der Waals surface area contributed by atoms with Gasteiger partial charge in [0.05, 0.1) is 5.60 Å². The van der Waals surface area contributed by atoms with E-state index < -0.39 is 35.2 Å². The highest BCUT2D eigenvalue weighted by molar-refractivity contribution is 5.84. The van der Waals surface area contributed by atoms with Crippen molar-refractivity contribution < 1.29 is 29.8 Å². The maximum atomic E-state index is 14.2. The van der Waals surface area contributed by atoms with Crippen molar-refractivity contribution in [2.45, 2.75) is 37.5 Å². The van der Waals surface area contributed by atoms with Gasteiger partial charge in [0.2, 0.25) is 5.89 Å². The Labute approximate surface area is 229 Å². The number of rotatable bonds is 7. The number of hydrogen-bond acceptors (Lipinski definition) is 6. The highest BCUT2D eigenvalue weighted by Gasteiger charge is 2.36. The van der Waals surface area contributed by atoms with Crippen LogP contribution in [-0.4, -0.2) is 37.0 Å². The maximum absolute atomic E-state index is 14.2. The molecule has 1 saturated carbocycles. The van der Waals surface area contributed by atoms with Crippen LogP contribution in [-0.2, 0) is 19.7 Å². The van der Waals surface area contributed by atoms with Crippen LogP contribution in [0.4, 0.5) is 17.6 Å². The Morgan fingerprint density at radius 2 is 1.90 bits per heavy atom. The fraction of sp³-hybridized carbons (Fsp3) is 0.276. The minimum Gasteiger partial charge on any atom is -0.435 e. The summed E-state index contributed by atoms with van der Waals surface area (Å²) < 4.78 is 80.8. The molecule has 6 rings (SSSR count). The molecule has 1 fully saturated rings. The lowest BCUT2D eigenvalue weighted by Crippen LogP contribution is -2.45. The molecule has 7 nitrogen and oxygen atoms in total. The highest BCUT2D eigenvalue weighted by Crippen LogP contribution is 2.39. The number of aromatic nitrogens is 4. The molecule has 5 aromatic rings. The van der Waals surface area contributed by atoms with E-state index in [1.54, 1.807) is 41.9 Å². The molecule has 2 N–H and O–H groups in total. The van der Waals surface area contributed by atoms with Crippen molar-refractivity contribution in [3.05, 3.63) is 77.9 Å². The second-order valence-corrected chi connectivity index (χ2v) is 9.98. The Kier molecular flexibility index (Phi) is 5.84. The number of hydrogen-bond donors (Lipinski definition) is 2. The molecule has 2 aromatic heterocycles. The zero-order valence-corrected chi connectivity index (χ0v) is 21.3. The normalized spacial score (nSPS) is 16.1. The first-order valence-corrected chi connectivity index (χ1v) is 12.6. The number of fused-ring (bicyclic) bond motifs is 1. The fourth-order valence-corrected chi connectivity index (χ4v) is 4.81. The van der Waals surface area contributed by atoms with E-state index in [1.165, 1.54) is 24.5 Å². The Morgan fingerprint density at radius 1 is 1.10 bits per heavy atom. The van der Waals surface area contributed by atoms with E-state index in [9.17, 15) is 22.7 Å². The van der Waals surface area contributed by atoms with E-state index in [0.29, 0.717) is 47.0 Å². The molecule has 206 valence electrons. The van der Waals surface area contributed by atoms with Gasteiger partial charge < -0.3 is 19.4 Å². The summed E-state index contributed by atoms with van der Waals surface area (Å²) >= 11 is 0. The number of aryl methyl sites for hydroxylation is 1. The smallest absolute Gasteiger partial charge is 0.420 e. The van der Waals surface area contributed by atoms with E-state index in [-0.39, 0.29) is 23.5 Å². The summed E-state index contributed by atoms with van der Waals surface area (Å²) in [6, 6.07) is 12.8. The third-order valence-electron chi connectivity index (χ3n) is 7.08. The third-order valence-corrected chi connectivity index (χ3v) is 7.08. The van der Waals surface area contributed by atoms with Gasteiger partial charge in [-0.1, -0.05) is 18.2 Å². The van der Waals surface area contributed by atoms with Crippen LogP contribution in [0.5, 0.6) is 0 Å². The minimum absolute atomic E-state index is 0.101. The highest BCUT2D eigenvalue weighted by atomic mass is 19.4. The summed E-state index contributed by atoms with van der Waals surface area (Å²) in [5.74, 6) is -0.154. The Bertz CT molecular complexity index is 1800. The number of halogens is 4. The molecular weight excluding hydrogens is 526 g/mol. The monoisotopic (exact) mass is 553 g/mol. The van der Waals surface area contributed by atoms with E-state index in [0.717, 1.165) is 6.42 Å². The predicted molar refractivity (Wildman–Crippen MR) is 140 cm³/mol. The number of alkyl halides is 3. The molecule has 11 heteroatoms. The molecule has 0 atom stereocenters. The summed E-state index contributed by atoms with van der Waals surface area (Å²) in [6.45, 7) is -2.48. The van der Waals surface area contributed by atoms with Crippen molar-refractivity contribution in [2.75, 3.05) is 6.54 Å². The van der Waals surface area contributed by atoms with Gasteiger partial charge in [0.15, 0.2) is 11.4 Å². The van der Waals surface area contributed by atoms with Gasteiger partial charge in [-0.05, 0) is 72.4 Å². The first-order valence-electron chi connectivity index (χ1n) is 13.6. The van der Waals surface area contributed by atoms with Crippen LogP contribution in [0.25, 0.3) is 45.1 Å². The van der Waals surface area contributed by atoms with Crippen LogP contribution in [0.15, 0.2) is 65.3 Å². The molecule has 2 heterocycles. The topological polar surface area (TPSA) is 89.0 Å². The van der Waals surface area contributed by atoms with Gasteiger partial charge in [0, 0.05) is 34.0 Å². The van der Waals surface area contributed by atoms with Crippen molar-refractivity contribution >= 4 is 11.1 Å². The van der Waals surface area contributed by atoms with Crippen LogP contribution >= 0.6 is 0 Å². The standard InChI is InChI=1S/C29H25F4N5O2/c1-38-16-35-37-26(38)22-13-20(30)6-7-21(22)18-4-2-5-19(12-18)27-36-24-11-17(14-34-15-28(39)8-3-9-28)10-23(25(24)40-27)29(31,32)33/h2,4-7,10-13,16,34,39H,3,8-9,14-15H2,1H3/i14D2. The van der Waals surface area contributed by atoms with Crippen LogP contribution in [0.3, 0.4) is 0 Å². The average Bonchev–Trinajstić information content (AvgIpc) is 3.56. The van der Waals surface area contributed by atoms with Gasteiger partial charge in [-0.15, -0.1) is 10.2 Å².